The van der Waals surface area contributed by atoms with Crippen LogP contribution in [0.1, 0.15) is 51.4 Å². The highest BCUT2D eigenvalue weighted by molar-refractivity contribution is 7.90. The zero-order valence-corrected chi connectivity index (χ0v) is 14.7. The number of sulfonamides is 1. The highest BCUT2D eigenvalue weighted by Crippen LogP contribution is 2.43. The Morgan fingerprint density at radius 3 is 2.65 bits per heavy atom. The molecule has 2 saturated heterocycles. The lowest BCUT2D eigenvalue weighted by atomic mass is 9.73. The minimum absolute atomic E-state index is 0.114. The maximum Gasteiger partial charge on any atom is 0.217 e. The Morgan fingerprint density at radius 2 is 1.96 bits per heavy atom. The molecule has 0 spiro atoms. The van der Waals surface area contributed by atoms with Crippen LogP contribution >= 0.6 is 0 Å². The first-order chi connectivity index (χ1) is 11.1. The van der Waals surface area contributed by atoms with Gasteiger partial charge in [-0.2, -0.15) is 0 Å². The first-order valence-corrected chi connectivity index (χ1v) is 10.8. The molecule has 5 nitrogen and oxygen atoms in total. The second-order valence-corrected chi connectivity index (χ2v) is 10.2. The average Bonchev–Trinajstić information content (AvgIpc) is 3.34. The van der Waals surface area contributed by atoms with Gasteiger partial charge >= 0.3 is 0 Å². The summed E-state index contributed by atoms with van der Waals surface area (Å²) in [7, 11) is -3.09. The summed E-state index contributed by atoms with van der Waals surface area (Å²) in [5.74, 6) is 0.726. The molecule has 4 fully saturated rings. The van der Waals surface area contributed by atoms with Gasteiger partial charge in [-0.25, -0.2) is 12.7 Å². The van der Waals surface area contributed by atoms with E-state index in [0.717, 1.165) is 51.2 Å². The molecule has 0 radical (unpaired) electrons. The van der Waals surface area contributed by atoms with Gasteiger partial charge in [-0.1, -0.05) is 6.42 Å². The Morgan fingerprint density at radius 1 is 1.13 bits per heavy atom. The molecule has 0 amide bonds. The Hall–Kier alpha value is -0.170. The number of rotatable bonds is 6. The van der Waals surface area contributed by atoms with E-state index in [1.54, 1.807) is 4.31 Å². The summed E-state index contributed by atoms with van der Waals surface area (Å²) in [6.45, 7) is 3.52. The van der Waals surface area contributed by atoms with E-state index in [1.165, 1.54) is 19.3 Å². The average molecular weight is 343 g/mol. The van der Waals surface area contributed by atoms with Gasteiger partial charge in [-0.3, -0.25) is 0 Å². The van der Waals surface area contributed by atoms with Gasteiger partial charge < -0.3 is 9.47 Å². The SMILES string of the molecule is O=S(=O)(C1CC1)N1CC[C@@H]2OCCC[C@]2(COCC2CCC2)C1. The predicted molar refractivity (Wildman–Crippen MR) is 87.7 cm³/mol. The van der Waals surface area contributed by atoms with Gasteiger partial charge in [0.1, 0.15) is 0 Å². The maximum absolute atomic E-state index is 12.6. The molecule has 4 rings (SSSR count). The summed E-state index contributed by atoms with van der Waals surface area (Å²) in [5, 5.41) is -0.114. The van der Waals surface area contributed by atoms with Crippen molar-refractivity contribution in [1.29, 1.82) is 0 Å². The summed E-state index contributed by atoms with van der Waals surface area (Å²) in [6.07, 6.45) is 8.61. The lowest BCUT2D eigenvalue weighted by molar-refractivity contribution is -0.146. The quantitative estimate of drug-likeness (QED) is 0.742. The first kappa shape index (κ1) is 16.3. The molecule has 4 aliphatic rings. The highest BCUT2D eigenvalue weighted by atomic mass is 32.2. The number of hydrogen-bond donors (Lipinski definition) is 0. The number of piperidine rings is 1. The minimum Gasteiger partial charge on any atom is -0.380 e. The van der Waals surface area contributed by atoms with Crippen molar-refractivity contribution in [2.24, 2.45) is 11.3 Å². The molecule has 0 N–H and O–H groups in total. The van der Waals surface area contributed by atoms with Crippen molar-refractivity contribution in [3.05, 3.63) is 0 Å². The topological polar surface area (TPSA) is 55.8 Å². The van der Waals surface area contributed by atoms with E-state index in [4.69, 9.17) is 9.47 Å². The second-order valence-electron chi connectivity index (χ2n) is 8.00. The van der Waals surface area contributed by atoms with Gasteiger partial charge in [0, 0.05) is 31.7 Å². The maximum atomic E-state index is 12.6. The van der Waals surface area contributed by atoms with Crippen molar-refractivity contribution in [3.63, 3.8) is 0 Å². The van der Waals surface area contributed by atoms with Gasteiger partial charge in [0.15, 0.2) is 0 Å². The molecule has 2 aliphatic carbocycles. The van der Waals surface area contributed by atoms with E-state index in [2.05, 4.69) is 0 Å². The van der Waals surface area contributed by atoms with E-state index in [0.29, 0.717) is 19.7 Å². The molecule has 0 aromatic heterocycles. The Kier molecular flexibility index (Phi) is 4.45. The molecule has 2 atom stereocenters. The van der Waals surface area contributed by atoms with Crippen molar-refractivity contribution in [1.82, 2.24) is 4.31 Å². The van der Waals surface area contributed by atoms with E-state index in [-0.39, 0.29) is 16.8 Å². The standard InChI is InChI=1S/C17H29NO4S/c19-23(20,15-5-6-15)18-9-7-16-17(12-18,8-2-10-22-16)13-21-11-14-3-1-4-14/h14-16H,1-13H2/t16-,17+/m0/s1. The third-order valence-corrected chi connectivity index (χ3v) is 8.57. The van der Waals surface area contributed by atoms with E-state index in [9.17, 15) is 8.42 Å². The fourth-order valence-corrected chi connectivity index (χ4v) is 6.29. The molecular formula is C17H29NO4S. The highest BCUT2D eigenvalue weighted by Gasteiger charge is 2.51. The zero-order valence-electron chi connectivity index (χ0n) is 13.9. The molecular weight excluding hydrogens is 314 g/mol. The Balaban J connectivity index is 1.44. The molecule has 6 heteroatoms. The smallest absolute Gasteiger partial charge is 0.217 e. The molecule has 2 saturated carbocycles. The van der Waals surface area contributed by atoms with Crippen LogP contribution in [-0.4, -0.2) is 57.0 Å². The van der Waals surface area contributed by atoms with Gasteiger partial charge in [0.2, 0.25) is 10.0 Å². The van der Waals surface area contributed by atoms with Gasteiger partial charge in [0.25, 0.3) is 0 Å². The summed E-state index contributed by atoms with van der Waals surface area (Å²) in [5.41, 5.74) is -0.123. The normalized spacial score (nSPS) is 36.4. The molecule has 23 heavy (non-hydrogen) atoms. The Bertz CT molecular complexity index is 529. The third kappa shape index (κ3) is 3.20. The first-order valence-electron chi connectivity index (χ1n) is 9.28. The third-order valence-electron chi connectivity index (χ3n) is 6.23. The van der Waals surface area contributed by atoms with Crippen LogP contribution in [0, 0.1) is 11.3 Å². The summed E-state index contributed by atoms with van der Waals surface area (Å²) < 4.78 is 39.1. The Labute approximate surface area is 139 Å². The lowest BCUT2D eigenvalue weighted by Gasteiger charge is -2.50. The van der Waals surface area contributed by atoms with Crippen LogP contribution < -0.4 is 0 Å². The van der Waals surface area contributed by atoms with Crippen LogP contribution in [0.5, 0.6) is 0 Å². The van der Waals surface area contributed by atoms with Crippen LogP contribution in [0.25, 0.3) is 0 Å². The molecule has 2 heterocycles. The van der Waals surface area contributed by atoms with Gasteiger partial charge in [-0.15, -0.1) is 0 Å². The largest absolute Gasteiger partial charge is 0.380 e. The predicted octanol–water partition coefficient (Wildman–Crippen LogP) is 2.17. The molecule has 0 bridgehead atoms. The number of ether oxygens (including phenoxy) is 2. The van der Waals surface area contributed by atoms with Crippen LogP contribution in [0.4, 0.5) is 0 Å². The number of fused-ring (bicyclic) bond motifs is 1. The van der Waals surface area contributed by atoms with Crippen molar-refractivity contribution in [2.75, 3.05) is 32.9 Å². The number of hydrogen-bond acceptors (Lipinski definition) is 4. The fourth-order valence-electron chi connectivity index (χ4n) is 4.34. The molecule has 2 aliphatic heterocycles. The van der Waals surface area contributed by atoms with E-state index in [1.807, 2.05) is 0 Å². The summed E-state index contributed by atoms with van der Waals surface area (Å²) >= 11 is 0. The molecule has 0 aromatic carbocycles. The van der Waals surface area contributed by atoms with Crippen molar-refractivity contribution in [3.8, 4) is 0 Å². The summed E-state index contributed by atoms with van der Waals surface area (Å²) in [4.78, 5) is 0. The van der Waals surface area contributed by atoms with Crippen LogP contribution in [-0.2, 0) is 19.5 Å². The lowest BCUT2D eigenvalue weighted by Crippen LogP contribution is -2.58. The van der Waals surface area contributed by atoms with Crippen molar-refractivity contribution in [2.45, 2.75) is 62.7 Å². The van der Waals surface area contributed by atoms with Crippen molar-refractivity contribution < 1.29 is 17.9 Å². The van der Waals surface area contributed by atoms with Crippen LogP contribution in [0.2, 0.25) is 0 Å². The number of nitrogens with zero attached hydrogens (tertiary/aromatic N) is 1. The zero-order chi connectivity index (χ0) is 15.9. The monoisotopic (exact) mass is 343 g/mol. The van der Waals surface area contributed by atoms with Crippen LogP contribution in [0.3, 0.4) is 0 Å². The van der Waals surface area contributed by atoms with E-state index < -0.39 is 10.0 Å². The van der Waals surface area contributed by atoms with Crippen LogP contribution in [0.15, 0.2) is 0 Å². The second kappa shape index (κ2) is 6.28. The molecule has 0 aromatic rings. The molecule has 132 valence electrons. The van der Waals surface area contributed by atoms with Crippen molar-refractivity contribution >= 4 is 10.0 Å². The van der Waals surface area contributed by atoms with E-state index >= 15 is 0 Å². The van der Waals surface area contributed by atoms with Gasteiger partial charge in [0.05, 0.1) is 18.0 Å². The van der Waals surface area contributed by atoms with Gasteiger partial charge in [-0.05, 0) is 50.9 Å². The fraction of sp³-hybridized carbons (Fsp3) is 1.00. The minimum atomic E-state index is -3.09. The molecule has 0 unspecified atom stereocenters. The summed E-state index contributed by atoms with van der Waals surface area (Å²) in [6, 6.07) is 0.